The van der Waals surface area contributed by atoms with Crippen molar-refractivity contribution in [3.05, 3.63) is 52.0 Å². The lowest BCUT2D eigenvalue weighted by Crippen LogP contribution is -2.31. The van der Waals surface area contributed by atoms with Crippen LogP contribution in [0.4, 0.5) is 0 Å². The van der Waals surface area contributed by atoms with Crippen LogP contribution in [-0.2, 0) is 0 Å². The highest BCUT2D eigenvalue weighted by atomic mass is 127. The fourth-order valence-corrected chi connectivity index (χ4v) is 3.46. The van der Waals surface area contributed by atoms with E-state index in [9.17, 15) is 4.79 Å². The number of carbonyl (C=O) groups excluding carboxylic acids is 1. The summed E-state index contributed by atoms with van der Waals surface area (Å²) in [4.78, 5) is 23.2. The van der Waals surface area contributed by atoms with Gasteiger partial charge in [0.05, 0.1) is 13.7 Å². The van der Waals surface area contributed by atoms with Gasteiger partial charge in [0, 0.05) is 41.1 Å². The number of hydrogen-bond donors (Lipinski definition) is 0. The first-order valence-corrected chi connectivity index (χ1v) is 9.31. The van der Waals surface area contributed by atoms with Gasteiger partial charge < -0.3 is 18.8 Å². The second-order valence-electron chi connectivity index (χ2n) is 6.04. The molecule has 1 aliphatic rings. The molecule has 134 valence electrons. The van der Waals surface area contributed by atoms with Crippen molar-refractivity contribution in [1.82, 2.24) is 19.3 Å². The summed E-state index contributed by atoms with van der Waals surface area (Å²) < 4.78 is 14.0. The van der Waals surface area contributed by atoms with Gasteiger partial charge in [0.25, 0.3) is 5.91 Å². The molecule has 1 aliphatic heterocycles. The summed E-state index contributed by atoms with van der Waals surface area (Å²) in [5.41, 5.74) is 1.22. The van der Waals surface area contributed by atoms with E-state index in [2.05, 4.69) is 32.6 Å². The lowest BCUT2D eigenvalue weighted by molar-refractivity contribution is 0.0766. The standard InChI is InChI=1S/C18H17IN4O3/c1-25-16-3-2-4-17(21-16)26-13-7-8-22(10-13)18(24)14-11-23-9-12(19)5-6-15(23)20-14/h2-6,9,11,13H,7-8,10H2,1H3. The Morgan fingerprint density at radius 3 is 2.88 bits per heavy atom. The third-order valence-corrected chi connectivity index (χ3v) is 4.90. The Morgan fingerprint density at radius 1 is 1.19 bits per heavy atom. The average molecular weight is 464 g/mol. The second kappa shape index (κ2) is 7.10. The van der Waals surface area contributed by atoms with Gasteiger partial charge in [0.15, 0.2) is 0 Å². The molecule has 0 spiro atoms. The Balaban J connectivity index is 1.44. The summed E-state index contributed by atoms with van der Waals surface area (Å²) in [5, 5.41) is 0. The first-order chi connectivity index (χ1) is 12.6. The van der Waals surface area contributed by atoms with Crippen molar-refractivity contribution in [1.29, 1.82) is 0 Å². The molecule has 3 aromatic rings. The molecular weight excluding hydrogens is 447 g/mol. The van der Waals surface area contributed by atoms with E-state index in [0.717, 1.165) is 15.6 Å². The number of methoxy groups -OCH3 is 1. The van der Waals surface area contributed by atoms with Crippen LogP contribution in [0.1, 0.15) is 16.9 Å². The number of ether oxygens (including phenoxy) is 2. The van der Waals surface area contributed by atoms with Gasteiger partial charge in [-0.3, -0.25) is 4.79 Å². The first-order valence-electron chi connectivity index (χ1n) is 8.23. The minimum absolute atomic E-state index is 0.0755. The van der Waals surface area contributed by atoms with Crippen molar-refractivity contribution in [3.8, 4) is 11.8 Å². The largest absolute Gasteiger partial charge is 0.481 e. The minimum atomic E-state index is -0.0865. The lowest BCUT2D eigenvalue weighted by atomic mass is 10.3. The number of hydrogen-bond acceptors (Lipinski definition) is 5. The molecule has 1 saturated heterocycles. The number of fused-ring (bicyclic) bond motifs is 1. The number of rotatable bonds is 4. The molecule has 26 heavy (non-hydrogen) atoms. The fourth-order valence-electron chi connectivity index (χ4n) is 2.98. The highest BCUT2D eigenvalue weighted by molar-refractivity contribution is 14.1. The average Bonchev–Trinajstić information content (AvgIpc) is 3.27. The molecule has 1 amide bonds. The second-order valence-corrected chi connectivity index (χ2v) is 7.28. The van der Waals surface area contributed by atoms with Crippen LogP contribution >= 0.6 is 22.6 Å². The Morgan fingerprint density at radius 2 is 2.04 bits per heavy atom. The Kier molecular flexibility index (Phi) is 4.66. The molecule has 0 N–H and O–H groups in total. The Hall–Kier alpha value is -2.36. The molecule has 0 aliphatic carbocycles. The monoisotopic (exact) mass is 464 g/mol. The van der Waals surface area contributed by atoms with E-state index in [1.54, 1.807) is 30.3 Å². The van der Waals surface area contributed by atoms with Crippen LogP contribution in [0.25, 0.3) is 5.65 Å². The van der Waals surface area contributed by atoms with Gasteiger partial charge in [-0.1, -0.05) is 6.07 Å². The SMILES string of the molecule is COc1cccc(OC2CCN(C(=O)c3cn4cc(I)ccc4n3)C2)n1. The molecule has 1 fully saturated rings. The number of halogens is 1. The summed E-state index contributed by atoms with van der Waals surface area (Å²) in [6.45, 7) is 1.15. The summed E-state index contributed by atoms with van der Waals surface area (Å²) in [7, 11) is 1.57. The van der Waals surface area contributed by atoms with Gasteiger partial charge in [-0.25, -0.2) is 4.98 Å². The molecule has 1 atom stereocenters. The molecule has 1 unspecified atom stereocenters. The molecule has 0 saturated carbocycles. The van der Waals surface area contributed by atoms with Crippen molar-refractivity contribution in [3.63, 3.8) is 0 Å². The maximum atomic E-state index is 12.8. The van der Waals surface area contributed by atoms with Gasteiger partial charge in [0.2, 0.25) is 11.8 Å². The maximum absolute atomic E-state index is 12.8. The normalized spacial score (nSPS) is 16.8. The molecule has 4 heterocycles. The van der Waals surface area contributed by atoms with E-state index in [1.165, 1.54) is 0 Å². The van der Waals surface area contributed by atoms with Crippen LogP contribution in [0.5, 0.6) is 11.8 Å². The smallest absolute Gasteiger partial charge is 0.274 e. The van der Waals surface area contributed by atoms with Crippen LogP contribution < -0.4 is 9.47 Å². The zero-order valence-corrected chi connectivity index (χ0v) is 16.3. The Labute approximate surface area is 164 Å². The molecule has 4 rings (SSSR count). The van der Waals surface area contributed by atoms with Crippen molar-refractivity contribution >= 4 is 34.1 Å². The minimum Gasteiger partial charge on any atom is -0.481 e. The van der Waals surface area contributed by atoms with Crippen molar-refractivity contribution in [2.45, 2.75) is 12.5 Å². The van der Waals surface area contributed by atoms with Crippen LogP contribution in [0.3, 0.4) is 0 Å². The number of likely N-dealkylation sites (tertiary alicyclic amines) is 1. The highest BCUT2D eigenvalue weighted by Gasteiger charge is 2.29. The topological polar surface area (TPSA) is 69.0 Å². The number of amides is 1. The molecule has 0 bridgehead atoms. The van der Waals surface area contributed by atoms with Gasteiger partial charge in [-0.2, -0.15) is 4.98 Å². The van der Waals surface area contributed by atoms with E-state index in [-0.39, 0.29) is 12.0 Å². The first kappa shape index (κ1) is 17.1. The van der Waals surface area contributed by atoms with E-state index in [1.807, 2.05) is 28.8 Å². The number of aromatic nitrogens is 3. The van der Waals surface area contributed by atoms with Crippen LogP contribution in [0.2, 0.25) is 0 Å². The lowest BCUT2D eigenvalue weighted by Gasteiger charge is -2.16. The van der Waals surface area contributed by atoms with Gasteiger partial charge in [-0.15, -0.1) is 0 Å². The Bertz CT molecular complexity index is 959. The number of pyridine rings is 2. The maximum Gasteiger partial charge on any atom is 0.274 e. The van der Waals surface area contributed by atoms with E-state index in [0.29, 0.717) is 30.5 Å². The number of nitrogens with zero attached hydrogens (tertiary/aromatic N) is 4. The van der Waals surface area contributed by atoms with Crippen LogP contribution in [-0.4, -0.2) is 51.5 Å². The van der Waals surface area contributed by atoms with Crippen LogP contribution in [0, 0.1) is 3.57 Å². The molecule has 0 aromatic carbocycles. The van der Waals surface area contributed by atoms with Gasteiger partial charge in [-0.05, 0) is 34.7 Å². The zero-order chi connectivity index (χ0) is 18.1. The zero-order valence-electron chi connectivity index (χ0n) is 14.1. The molecule has 0 radical (unpaired) electrons. The van der Waals surface area contributed by atoms with E-state index >= 15 is 0 Å². The fraction of sp³-hybridized carbons (Fsp3) is 0.278. The molecular formula is C18H17IN4O3. The van der Waals surface area contributed by atoms with Crippen molar-refractivity contribution in [2.75, 3.05) is 20.2 Å². The van der Waals surface area contributed by atoms with Crippen LogP contribution in [0.15, 0.2) is 42.7 Å². The highest BCUT2D eigenvalue weighted by Crippen LogP contribution is 2.20. The van der Waals surface area contributed by atoms with E-state index in [4.69, 9.17) is 9.47 Å². The van der Waals surface area contributed by atoms with Crippen molar-refractivity contribution in [2.24, 2.45) is 0 Å². The predicted octanol–water partition coefficient (Wildman–Crippen LogP) is 2.64. The van der Waals surface area contributed by atoms with Gasteiger partial charge in [0.1, 0.15) is 17.4 Å². The van der Waals surface area contributed by atoms with Gasteiger partial charge >= 0.3 is 0 Å². The summed E-state index contributed by atoms with van der Waals surface area (Å²) in [6, 6.07) is 9.26. The third kappa shape index (κ3) is 3.46. The van der Waals surface area contributed by atoms with E-state index < -0.39 is 0 Å². The third-order valence-electron chi connectivity index (χ3n) is 4.26. The molecule has 7 nitrogen and oxygen atoms in total. The quantitative estimate of drug-likeness (QED) is 0.556. The summed E-state index contributed by atoms with van der Waals surface area (Å²) in [5.74, 6) is 0.937. The van der Waals surface area contributed by atoms with Crippen molar-refractivity contribution < 1.29 is 14.3 Å². The number of imidazole rings is 1. The summed E-state index contributed by atoms with van der Waals surface area (Å²) in [6.07, 6.45) is 4.40. The predicted molar refractivity (Wildman–Crippen MR) is 104 cm³/mol. The molecule has 3 aromatic heterocycles. The molecule has 8 heteroatoms. The number of carbonyl (C=O) groups is 1. The summed E-state index contributed by atoms with van der Waals surface area (Å²) >= 11 is 2.24.